The standard InChI is InChI=1S/C13H14N2O2/c1-15-10-5-3-2-4-8(10)12-9(13(16)17)6-14-7-11(12)15/h2-5,9,14H,6-7H2,1H3,(H,16,17). The predicted molar refractivity (Wildman–Crippen MR) is 65.0 cm³/mol. The number of carbonyl (C=O) groups is 1. The number of carboxylic acid groups (broad SMARTS) is 1. The van der Waals surface area contributed by atoms with Crippen LogP contribution in [0.2, 0.25) is 0 Å². The van der Waals surface area contributed by atoms with E-state index in [1.54, 1.807) is 0 Å². The highest BCUT2D eigenvalue weighted by molar-refractivity contribution is 5.91. The molecule has 0 aliphatic carbocycles. The second kappa shape index (κ2) is 3.60. The molecule has 0 bridgehead atoms. The molecular weight excluding hydrogens is 216 g/mol. The summed E-state index contributed by atoms with van der Waals surface area (Å²) in [6, 6.07) is 7.99. The maximum Gasteiger partial charge on any atom is 0.312 e. The molecule has 1 unspecified atom stereocenters. The SMILES string of the molecule is Cn1c2c(c3ccccc31)C(C(=O)O)CNC2. The Morgan fingerprint density at radius 3 is 3.00 bits per heavy atom. The lowest BCUT2D eigenvalue weighted by atomic mass is 9.93. The van der Waals surface area contributed by atoms with Crippen molar-refractivity contribution in [1.82, 2.24) is 9.88 Å². The molecule has 0 fully saturated rings. The van der Waals surface area contributed by atoms with Crippen LogP contribution in [-0.4, -0.2) is 22.2 Å². The summed E-state index contributed by atoms with van der Waals surface area (Å²) in [6.45, 7) is 1.25. The number of rotatable bonds is 1. The topological polar surface area (TPSA) is 54.3 Å². The summed E-state index contributed by atoms with van der Waals surface area (Å²) < 4.78 is 2.09. The third-order valence-electron chi connectivity index (χ3n) is 3.56. The van der Waals surface area contributed by atoms with E-state index in [1.165, 1.54) is 0 Å². The van der Waals surface area contributed by atoms with E-state index < -0.39 is 11.9 Å². The van der Waals surface area contributed by atoms with Crippen LogP contribution in [0.1, 0.15) is 17.2 Å². The Labute approximate surface area is 98.9 Å². The van der Waals surface area contributed by atoms with Crippen molar-refractivity contribution in [2.75, 3.05) is 6.54 Å². The number of carboxylic acids is 1. The molecule has 2 aromatic rings. The van der Waals surface area contributed by atoms with E-state index >= 15 is 0 Å². The quantitative estimate of drug-likeness (QED) is 0.779. The second-order valence-electron chi connectivity index (χ2n) is 4.46. The molecule has 0 spiro atoms. The predicted octanol–water partition coefficient (Wildman–Crippen LogP) is 1.45. The molecule has 1 atom stereocenters. The van der Waals surface area contributed by atoms with E-state index in [-0.39, 0.29) is 0 Å². The summed E-state index contributed by atoms with van der Waals surface area (Å²) in [7, 11) is 1.99. The van der Waals surface area contributed by atoms with Gasteiger partial charge in [-0.1, -0.05) is 18.2 Å². The molecule has 0 radical (unpaired) electrons. The van der Waals surface area contributed by atoms with Crippen molar-refractivity contribution in [1.29, 1.82) is 0 Å². The second-order valence-corrected chi connectivity index (χ2v) is 4.46. The molecule has 2 heterocycles. The van der Waals surface area contributed by atoms with Crippen LogP contribution < -0.4 is 5.32 Å². The van der Waals surface area contributed by atoms with Crippen molar-refractivity contribution in [3.05, 3.63) is 35.5 Å². The molecule has 1 aliphatic rings. The van der Waals surface area contributed by atoms with Gasteiger partial charge in [0.1, 0.15) is 0 Å². The van der Waals surface area contributed by atoms with E-state index in [1.807, 2.05) is 31.3 Å². The zero-order valence-corrected chi connectivity index (χ0v) is 9.60. The Morgan fingerprint density at radius 1 is 1.47 bits per heavy atom. The Morgan fingerprint density at radius 2 is 2.24 bits per heavy atom. The van der Waals surface area contributed by atoms with Gasteiger partial charge < -0.3 is 15.0 Å². The smallest absolute Gasteiger partial charge is 0.312 e. The van der Waals surface area contributed by atoms with E-state index in [2.05, 4.69) is 9.88 Å². The maximum atomic E-state index is 11.3. The van der Waals surface area contributed by atoms with Gasteiger partial charge in [-0.3, -0.25) is 4.79 Å². The molecule has 1 aromatic carbocycles. The van der Waals surface area contributed by atoms with Gasteiger partial charge in [0, 0.05) is 36.7 Å². The summed E-state index contributed by atoms with van der Waals surface area (Å²) in [5.74, 6) is -1.19. The van der Waals surface area contributed by atoms with Crippen LogP contribution in [0.25, 0.3) is 10.9 Å². The van der Waals surface area contributed by atoms with Crippen LogP contribution >= 0.6 is 0 Å². The van der Waals surface area contributed by atoms with Gasteiger partial charge in [-0.15, -0.1) is 0 Å². The first kappa shape index (κ1) is 10.4. The number of benzene rings is 1. The summed E-state index contributed by atoms with van der Waals surface area (Å²) >= 11 is 0. The number of fused-ring (bicyclic) bond motifs is 3. The van der Waals surface area contributed by atoms with Gasteiger partial charge >= 0.3 is 5.97 Å². The summed E-state index contributed by atoms with van der Waals surface area (Å²) in [5.41, 5.74) is 3.17. The van der Waals surface area contributed by atoms with Crippen molar-refractivity contribution in [3.63, 3.8) is 0 Å². The highest BCUT2D eigenvalue weighted by atomic mass is 16.4. The first-order valence-electron chi connectivity index (χ1n) is 5.70. The molecule has 3 rings (SSSR count). The van der Waals surface area contributed by atoms with Crippen molar-refractivity contribution >= 4 is 16.9 Å². The molecule has 88 valence electrons. The van der Waals surface area contributed by atoms with Crippen LogP contribution in [0, 0.1) is 0 Å². The monoisotopic (exact) mass is 230 g/mol. The first-order chi connectivity index (χ1) is 8.20. The van der Waals surface area contributed by atoms with Crippen molar-refractivity contribution in [2.24, 2.45) is 7.05 Å². The first-order valence-corrected chi connectivity index (χ1v) is 5.70. The van der Waals surface area contributed by atoms with Crippen molar-refractivity contribution < 1.29 is 9.90 Å². The number of nitrogens with zero attached hydrogens (tertiary/aromatic N) is 1. The van der Waals surface area contributed by atoms with Gasteiger partial charge in [-0.2, -0.15) is 0 Å². The van der Waals surface area contributed by atoms with Crippen LogP contribution in [0.5, 0.6) is 0 Å². The van der Waals surface area contributed by atoms with Crippen molar-refractivity contribution in [2.45, 2.75) is 12.5 Å². The van der Waals surface area contributed by atoms with E-state index in [9.17, 15) is 9.90 Å². The van der Waals surface area contributed by atoms with Gasteiger partial charge in [0.15, 0.2) is 0 Å². The highest BCUT2D eigenvalue weighted by Gasteiger charge is 2.30. The molecular formula is C13H14N2O2. The lowest BCUT2D eigenvalue weighted by Crippen LogP contribution is -2.33. The Balaban J connectivity index is 2.35. The van der Waals surface area contributed by atoms with Gasteiger partial charge in [-0.25, -0.2) is 0 Å². The summed E-state index contributed by atoms with van der Waals surface area (Å²) in [6.07, 6.45) is 0. The Bertz CT molecular complexity index is 601. The number of hydrogen-bond donors (Lipinski definition) is 2. The highest BCUT2D eigenvalue weighted by Crippen LogP contribution is 2.33. The zero-order chi connectivity index (χ0) is 12.0. The summed E-state index contributed by atoms with van der Waals surface area (Å²) in [4.78, 5) is 11.3. The lowest BCUT2D eigenvalue weighted by molar-refractivity contribution is -0.138. The van der Waals surface area contributed by atoms with Crippen LogP contribution in [0.3, 0.4) is 0 Å². The number of aliphatic carboxylic acids is 1. The molecule has 4 heteroatoms. The molecule has 4 nitrogen and oxygen atoms in total. The summed E-state index contributed by atoms with van der Waals surface area (Å²) in [5, 5.41) is 13.5. The maximum absolute atomic E-state index is 11.3. The molecule has 0 saturated carbocycles. The fourth-order valence-electron chi connectivity index (χ4n) is 2.73. The van der Waals surface area contributed by atoms with Crippen LogP contribution in [-0.2, 0) is 18.4 Å². The van der Waals surface area contributed by atoms with E-state index in [0.717, 1.165) is 28.7 Å². The number of aromatic nitrogens is 1. The molecule has 17 heavy (non-hydrogen) atoms. The fraction of sp³-hybridized carbons (Fsp3) is 0.308. The molecule has 2 N–H and O–H groups in total. The zero-order valence-electron chi connectivity index (χ0n) is 9.60. The van der Waals surface area contributed by atoms with E-state index in [4.69, 9.17) is 0 Å². The molecule has 1 aromatic heterocycles. The van der Waals surface area contributed by atoms with Crippen LogP contribution in [0.4, 0.5) is 0 Å². The van der Waals surface area contributed by atoms with Gasteiger partial charge in [-0.05, 0) is 11.6 Å². The minimum Gasteiger partial charge on any atom is -0.481 e. The fourth-order valence-corrected chi connectivity index (χ4v) is 2.73. The largest absolute Gasteiger partial charge is 0.481 e. The van der Waals surface area contributed by atoms with Gasteiger partial charge in [0.25, 0.3) is 0 Å². The molecule has 0 saturated heterocycles. The van der Waals surface area contributed by atoms with Gasteiger partial charge in [0.05, 0.1) is 5.92 Å². The number of hydrogen-bond acceptors (Lipinski definition) is 2. The third-order valence-corrected chi connectivity index (χ3v) is 3.56. The average Bonchev–Trinajstić information content (AvgIpc) is 2.64. The normalized spacial score (nSPS) is 19.2. The number of aryl methyl sites for hydroxylation is 1. The van der Waals surface area contributed by atoms with Crippen molar-refractivity contribution in [3.8, 4) is 0 Å². The Hall–Kier alpha value is -1.81. The minimum absolute atomic E-state index is 0.440. The number of para-hydroxylation sites is 1. The minimum atomic E-state index is -0.755. The Kier molecular flexibility index (Phi) is 2.19. The molecule has 0 amide bonds. The molecule has 1 aliphatic heterocycles. The van der Waals surface area contributed by atoms with Crippen LogP contribution in [0.15, 0.2) is 24.3 Å². The van der Waals surface area contributed by atoms with Gasteiger partial charge in [0.2, 0.25) is 0 Å². The lowest BCUT2D eigenvalue weighted by Gasteiger charge is -2.21. The third kappa shape index (κ3) is 1.37. The van der Waals surface area contributed by atoms with E-state index in [0.29, 0.717) is 6.54 Å². The average molecular weight is 230 g/mol. The number of nitrogens with one attached hydrogen (secondary N) is 1.